The molecule has 0 unspecified atom stereocenters. The van der Waals surface area contributed by atoms with E-state index in [0.717, 1.165) is 94.0 Å². The molecule has 1 saturated heterocycles. The van der Waals surface area contributed by atoms with Gasteiger partial charge >= 0.3 is 5.97 Å². The molecule has 8 atom stereocenters. The fourth-order valence-corrected chi connectivity index (χ4v) is 10.9. The first kappa shape index (κ1) is 34.9. The summed E-state index contributed by atoms with van der Waals surface area (Å²) in [5.41, 5.74) is 2.34. The lowest BCUT2D eigenvalue weighted by Crippen LogP contribution is -2.51. The van der Waals surface area contributed by atoms with Gasteiger partial charge in [0.2, 0.25) is 5.91 Å². The van der Waals surface area contributed by atoms with Crippen molar-refractivity contribution in [2.45, 2.75) is 124 Å². The molecule has 0 aromatic rings. The van der Waals surface area contributed by atoms with Crippen LogP contribution in [0, 0.1) is 46.3 Å². The zero-order valence-corrected chi connectivity index (χ0v) is 30.1. The molecule has 0 bridgehead atoms. The Kier molecular flexibility index (Phi) is 11.5. The summed E-state index contributed by atoms with van der Waals surface area (Å²) in [6.07, 6.45) is 17.0. The predicted octanol–water partition coefficient (Wildman–Crippen LogP) is 7.43. The molecule has 0 radical (unpaired) electrons. The van der Waals surface area contributed by atoms with Gasteiger partial charge in [-0.15, -0.1) is 0 Å². The van der Waals surface area contributed by atoms with Gasteiger partial charge in [-0.1, -0.05) is 65.5 Å². The molecule has 45 heavy (non-hydrogen) atoms. The lowest BCUT2D eigenvalue weighted by atomic mass is 9.47. The number of carbonyl (C=O) groups is 2. The second kappa shape index (κ2) is 14.8. The third-order valence-corrected chi connectivity index (χ3v) is 13.8. The molecule has 6 heteroatoms. The highest BCUT2D eigenvalue weighted by atomic mass is 16.5. The van der Waals surface area contributed by atoms with Crippen molar-refractivity contribution in [3.63, 3.8) is 0 Å². The fraction of sp³-hybridized carbons (Fsp3) is 0.897. The number of carbonyl (C=O) groups excluding carboxylic acids is 2. The minimum absolute atomic E-state index is 0.0348. The predicted molar refractivity (Wildman–Crippen MR) is 184 cm³/mol. The Morgan fingerprint density at radius 2 is 1.56 bits per heavy atom. The van der Waals surface area contributed by atoms with E-state index in [2.05, 4.69) is 64.6 Å². The molecule has 6 nitrogen and oxygen atoms in total. The molecule has 0 aromatic carbocycles. The van der Waals surface area contributed by atoms with Gasteiger partial charge in [0.25, 0.3) is 0 Å². The summed E-state index contributed by atoms with van der Waals surface area (Å²) >= 11 is 0. The SMILES string of the molecule is CC(C)CCC[C@@H](C)[C@H]1CC[C@H]2[C@@H]3CC=C4C[C@@H](OC(=O)CCC(=O)N5CCN(C)CCN(C)CC5)CC[C@]4(C)[C@H]3CC[C@]12C. The van der Waals surface area contributed by atoms with Crippen molar-refractivity contribution < 1.29 is 14.3 Å². The van der Waals surface area contributed by atoms with Gasteiger partial charge < -0.3 is 19.4 Å². The standard InChI is InChI=1S/C39H67N3O3/c1-28(2)9-8-10-29(3)33-13-14-34-32-12-11-30-27-31(17-19-38(30,4)35(32)18-20-39(33,34)5)45-37(44)16-15-36(43)42-25-23-40(6)21-22-41(7)24-26-42/h11,28-29,31-35H,8-10,12-27H2,1-7H3/t29-,31+,32+,33-,34+,35+,38+,39-/m1/s1. The van der Waals surface area contributed by atoms with E-state index in [-0.39, 0.29) is 36.2 Å². The normalized spacial score (nSPS) is 37.0. The number of ether oxygens (including phenoxy) is 1. The first-order chi connectivity index (χ1) is 21.4. The molecule has 5 aliphatic rings. The second-order valence-electron chi connectivity index (χ2n) is 17.1. The van der Waals surface area contributed by atoms with Gasteiger partial charge in [-0.3, -0.25) is 9.59 Å². The van der Waals surface area contributed by atoms with Gasteiger partial charge in [0.15, 0.2) is 0 Å². The smallest absolute Gasteiger partial charge is 0.306 e. The number of fused-ring (bicyclic) bond motifs is 5. The van der Waals surface area contributed by atoms with Crippen LogP contribution >= 0.6 is 0 Å². The molecule has 3 saturated carbocycles. The Bertz CT molecular complexity index is 1040. The van der Waals surface area contributed by atoms with E-state index in [1.54, 1.807) is 5.57 Å². The van der Waals surface area contributed by atoms with Crippen molar-refractivity contribution in [2.24, 2.45) is 46.3 Å². The molecule has 1 aliphatic heterocycles. The lowest BCUT2D eigenvalue weighted by molar-refractivity contribution is -0.153. The van der Waals surface area contributed by atoms with Crippen LogP contribution in [0.2, 0.25) is 0 Å². The van der Waals surface area contributed by atoms with E-state index >= 15 is 0 Å². The minimum Gasteiger partial charge on any atom is -0.462 e. The summed E-state index contributed by atoms with van der Waals surface area (Å²) in [4.78, 5) is 32.5. The van der Waals surface area contributed by atoms with Crippen molar-refractivity contribution in [3.8, 4) is 0 Å². The van der Waals surface area contributed by atoms with Gasteiger partial charge in [0.05, 0.1) is 6.42 Å². The quantitative estimate of drug-likeness (QED) is 0.197. The van der Waals surface area contributed by atoms with E-state index in [9.17, 15) is 9.59 Å². The summed E-state index contributed by atoms with van der Waals surface area (Å²) in [6.45, 7) is 17.8. The molecular formula is C39H67N3O3. The number of rotatable bonds is 9. The Labute approximate surface area is 276 Å². The Hall–Kier alpha value is -1.40. The summed E-state index contributed by atoms with van der Waals surface area (Å²) < 4.78 is 6.06. The largest absolute Gasteiger partial charge is 0.462 e. The summed E-state index contributed by atoms with van der Waals surface area (Å²) in [6, 6.07) is 0. The topological polar surface area (TPSA) is 53.1 Å². The van der Waals surface area contributed by atoms with E-state index in [1.807, 2.05) is 4.90 Å². The molecule has 0 spiro atoms. The molecule has 4 aliphatic carbocycles. The van der Waals surface area contributed by atoms with Gasteiger partial charge in [0.1, 0.15) is 6.10 Å². The number of hydrogen-bond donors (Lipinski definition) is 0. The van der Waals surface area contributed by atoms with Crippen molar-refractivity contribution >= 4 is 11.9 Å². The highest BCUT2D eigenvalue weighted by molar-refractivity contribution is 5.81. The number of amides is 1. The van der Waals surface area contributed by atoms with Crippen molar-refractivity contribution in [1.82, 2.24) is 14.7 Å². The zero-order valence-electron chi connectivity index (χ0n) is 30.1. The molecule has 0 aromatic heterocycles. The molecule has 1 amide bonds. The maximum Gasteiger partial charge on any atom is 0.306 e. The number of likely N-dealkylation sites (N-methyl/N-ethyl adjacent to an activating group) is 2. The molecule has 5 rings (SSSR count). The van der Waals surface area contributed by atoms with Crippen LogP contribution in [-0.4, -0.2) is 86.0 Å². The second-order valence-corrected chi connectivity index (χ2v) is 17.1. The monoisotopic (exact) mass is 626 g/mol. The van der Waals surface area contributed by atoms with Crippen LogP contribution in [0.3, 0.4) is 0 Å². The van der Waals surface area contributed by atoms with Gasteiger partial charge in [-0.25, -0.2) is 0 Å². The maximum atomic E-state index is 13.1. The number of nitrogens with zero attached hydrogens (tertiary/aromatic N) is 3. The Balaban J connectivity index is 1.13. The Morgan fingerprint density at radius 3 is 2.24 bits per heavy atom. The minimum atomic E-state index is -0.197. The van der Waals surface area contributed by atoms with Crippen molar-refractivity contribution in [2.75, 3.05) is 53.4 Å². The molecule has 4 fully saturated rings. The van der Waals surface area contributed by atoms with E-state index in [1.165, 1.54) is 51.4 Å². The van der Waals surface area contributed by atoms with Gasteiger partial charge in [-0.2, -0.15) is 0 Å². The number of allylic oxidation sites excluding steroid dienone is 1. The van der Waals surface area contributed by atoms with Crippen molar-refractivity contribution in [3.05, 3.63) is 11.6 Å². The summed E-state index contributed by atoms with van der Waals surface area (Å²) in [5.74, 6) is 4.92. The third kappa shape index (κ3) is 7.85. The van der Waals surface area contributed by atoms with Crippen LogP contribution in [0.5, 0.6) is 0 Å². The van der Waals surface area contributed by atoms with E-state index in [4.69, 9.17) is 4.74 Å². The average Bonchev–Trinajstić information content (AvgIpc) is 3.38. The maximum absolute atomic E-state index is 13.1. The first-order valence-electron chi connectivity index (χ1n) is 18.9. The van der Waals surface area contributed by atoms with Gasteiger partial charge in [-0.05, 0) is 105 Å². The highest BCUT2D eigenvalue weighted by Gasteiger charge is 2.59. The summed E-state index contributed by atoms with van der Waals surface area (Å²) in [5, 5.41) is 0. The van der Waals surface area contributed by atoms with Crippen LogP contribution in [-0.2, 0) is 14.3 Å². The summed E-state index contributed by atoms with van der Waals surface area (Å²) in [7, 11) is 4.23. The highest BCUT2D eigenvalue weighted by Crippen LogP contribution is 2.67. The van der Waals surface area contributed by atoms with Crippen LogP contribution < -0.4 is 0 Å². The molecule has 1 heterocycles. The number of hydrogen-bond acceptors (Lipinski definition) is 5. The van der Waals surface area contributed by atoms with E-state index < -0.39 is 0 Å². The number of esters is 1. The lowest BCUT2D eigenvalue weighted by Gasteiger charge is -2.58. The molecular weight excluding hydrogens is 558 g/mol. The van der Waals surface area contributed by atoms with Crippen LogP contribution in [0.1, 0.15) is 118 Å². The molecule has 0 N–H and O–H groups in total. The zero-order chi connectivity index (χ0) is 32.4. The van der Waals surface area contributed by atoms with Crippen molar-refractivity contribution in [1.29, 1.82) is 0 Å². The fourth-order valence-electron chi connectivity index (χ4n) is 10.9. The van der Waals surface area contributed by atoms with Crippen LogP contribution in [0.4, 0.5) is 0 Å². The van der Waals surface area contributed by atoms with E-state index in [0.29, 0.717) is 5.41 Å². The van der Waals surface area contributed by atoms with Crippen LogP contribution in [0.15, 0.2) is 11.6 Å². The molecule has 256 valence electrons. The third-order valence-electron chi connectivity index (χ3n) is 13.8. The Morgan fingerprint density at radius 1 is 0.867 bits per heavy atom. The van der Waals surface area contributed by atoms with Crippen LogP contribution in [0.25, 0.3) is 0 Å². The first-order valence-corrected chi connectivity index (χ1v) is 18.9. The average molecular weight is 626 g/mol. The van der Waals surface area contributed by atoms with Gasteiger partial charge in [0, 0.05) is 52.1 Å².